The van der Waals surface area contributed by atoms with Crippen LogP contribution >= 0.6 is 11.5 Å². The predicted octanol–water partition coefficient (Wildman–Crippen LogP) is 2.01. The number of hydrogen-bond acceptors (Lipinski definition) is 5. The van der Waals surface area contributed by atoms with Crippen LogP contribution in [0.1, 0.15) is 39.9 Å². The van der Waals surface area contributed by atoms with Crippen LogP contribution < -0.4 is 10.6 Å². The lowest BCUT2D eigenvalue weighted by molar-refractivity contribution is 0.488. The van der Waals surface area contributed by atoms with Crippen molar-refractivity contribution in [2.24, 2.45) is 11.7 Å². The van der Waals surface area contributed by atoms with E-state index in [9.17, 15) is 0 Å². The van der Waals surface area contributed by atoms with Gasteiger partial charge in [0.05, 0.1) is 0 Å². The summed E-state index contributed by atoms with van der Waals surface area (Å²) in [6.07, 6.45) is 1.17. The van der Waals surface area contributed by atoms with Gasteiger partial charge in [-0.1, -0.05) is 20.8 Å². The van der Waals surface area contributed by atoms with Crippen LogP contribution in [0.5, 0.6) is 0 Å². The van der Waals surface area contributed by atoms with E-state index in [0.717, 1.165) is 24.0 Å². The van der Waals surface area contributed by atoms with Crippen molar-refractivity contribution < 1.29 is 0 Å². The zero-order valence-electron chi connectivity index (χ0n) is 11.1. The predicted molar refractivity (Wildman–Crippen MR) is 72.6 cm³/mol. The number of aromatic nitrogens is 2. The van der Waals surface area contributed by atoms with Crippen molar-refractivity contribution >= 4 is 16.7 Å². The highest BCUT2D eigenvalue weighted by atomic mass is 32.1. The molecule has 96 valence electrons. The van der Waals surface area contributed by atoms with Crippen molar-refractivity contribution in [2.45, 2.75) is 45.6 Å². The summed E-state index contributed by atoms with van der Waals surface area (Å²) in [4.78, 5) is 6.97. The Labute approximate surface area is 107 Å². The van der Waals surface area contributed by atoms with Crippen molar-refractivity contribution in [2.75, 3.05) is 18.0 Å². The number of nitrogens with zero attached hydrogens (tertiary/aromatic N) is 3. The maximum Gasteiger partial charge on any atom is 0.205 e. The third kappa shape index (κ3) is 2.77. The second-order valence-corrected chi connectivity index (χ2v) is 6.73. The summed E-state index contributed by atoms with van der Waals surface area (Å²) >= 11 is 1.51. The molecule has 1 aliphatic rings. The van der Waals surface area contributed by atoms with E-state index in [4.69, 9.17) is 5.73 Å². The van der Waals surface area contributed by atoms with Crippen LogP contribution in [0, 0.1) is 5.92 Å². The molecule has 5 heteroatoms. The lowest BCUT2D eigenvalue weighted by Gasteiger charge is -2.17. The van der Waals surface area contributed by atoms with Crippen LogP contribution in [0.15, 0.2) is 0 Å². The molecule has 0 aromatic carbocycles. The molecule has 0 aliphatic carbocycles. The molecule has 2 heterocycles. The number of rotatable bonds is 2. The van der Waals surface area contributed by atoms with Gasteiger partial charge < -0.3 is 10.6 Å². The molecule has 2 atom stereocenters. The summed E-state index contributed by atoms with van der Waals surface area (Å²) in [5, 5.41) is 1.05. The summed E-state index contributed by atoms with van der Waals surface area (Å²) < 4.78 is 4.46. The van der Waals surface area contributed by atoms with Crippen molar-refractivity contribution in [1.82, 2.24) is 9.36 Å². The molecule has 0 bridgehead atoms. The van der Waals surface area contributed by atoms with Gasteiger partial charge in [0.25, 0.3) is 0 Å². The molecule has 1 aromatic rings. The third-order valence-corrected chi connectivity index (χ3v) is 4.10. The standard InChI is InChI=1S/C12H22N4S/c1-8(13)9-5-6-16(7-9)11-14-10(15-17-11)12(2,3)4/h8-9H,5-7,13H2,1-4H3. The summed E-state index contributed by atoms with van der Waals surface area (Å²) in [7, 11) is 0. The monoisotopic (exact) mass is 254 g/mol. The minimum absolute atomic E-state index is 0.0367. The lowest BCUT2D eigenvalue weighted by atomic mass is 9.96. The zero-order chi connectivity index (χ0) is 12.6. The summed E-state index contributed by atoms with van der Waals surface area (Å²) in [5.41, 5.74) is 5.99. The second-order valence-electron chi connectivity index (χ2n) is 6.00. The van der Waals surface area contributed by atoms with Gasteiger partial charge in [0, 0.05) is 36.1 Å². The Morgan fingerprint density at radius 2 is 2.18 bits per heavy atom. The molecule has 2 rings (SSSR count). The Morgan fingerprint density at radius 3 is 2.65 bits per heavy atom. The van der Waals surface area contributed by atoms with Crippen molar-refractivity contribution in [3.63, 3.8) is 0 Å². The molecule has 0 spiro atoms. The van der Waals surface area contributed by atoms with E-state index < -0.39 is 0 Å². The smallest absolute Gasteiger partial charge is 0.205 e. The normalized spacial score (nSPS) is 23.1. The number of hydrogen-bond donors (Lipinski definition) is 1. The fourth-order valence-corrected chi connectivity index (χ4v) is 2.93. The van der Waals surface area contributed by atoms with Gasteiger partial charge in [-0.25, -0.2) is 4.98 Å². The molecule has 1 aromatic heterocycles. The first-order valence-electron chi connectivity index (χ1n) is 6.22. The SMILES string of the molecule is CC(N)C1CCN(c2nc(C(C)(C)C)ns2)C1. The number of anilines is 1. The highest BCUT2D eigenvalue weighted by Gasteiger charge is 2.28. The van der Waals surface area contributed by atoms with Crippen LogP contribution in [0.3, 0.4) is 0 Å². The van der Waals surface area contributed by atoms with Crippen LogP contribution in [-0.2, 0) is 5.41 Å². The highest BCUT2D eigenvalue weighted by Crippen LogP contribution is 2.29. The first-order valence-corrected chi connectivity index (χ1v) is 7.00. The molecule has 17 heavy (non-hydrogen) atoms. The van der Waals surface area contributed by atoms with Crippen molar-refractivity contribution in [3.05, 3.63) is 5.82 Å². The number of nitrogens with two attached hydrogens (primary N) is 1. The zero-order valence-corrected chi connectivity index (χ0v) is 11.9. The van der Waals surface area contributed by atoms with Gasteiger partial charge in [-0.15, -0.1) is 0 Å². The average molecular weight is 254 g/mol. The largest absolute Gasteiger partial charge is 0.347 e. The molecule has 1 aliphatic heterocycles. The Morgan fingerprint density at radius 1 is 1.47 bits per heavy atom. The molecule has 0 radical (unpaired) electrons. The second kappa shape index (κ2) is 4.53. The molecule has 0 saturated carbocycles. The van der Waals surface area contributed by atoms with E-state index in [1.54, 1.807) is 0 Å². The molecule has 1 fully saturated rings. The van der Waals surface area contributed by atoms with Gasteiger partial charge in [-0.3, -0.25) is 0 Å². The van der Waals surface area contributed by atoms with Crippen LogP contribution in [-0.4, -0.2) is 28.5 Å². The van der Waals surface area contributed by atoms with Gasteiger partial charge in [0.2, 0.25) is 5.13 Å². The molecule has 1 saturated heterocycles. The van der Waals surface area contributed by atoms with E-state index in [1.165, 1.54) is 18.0 Å². The minimum Gasteiger partial charge on any atom is -0.347 e. The van der Waals surface area contributed by atoms with Crippen LogP contribution in [0.4, 0.5) is 5.13 Å². The Balaban J connectivity index is 2.07. The van der Waals surface area contributed by atoms with E-state index >= 15 is 0 Å². The van der Waals surface area contributed by atoms with E-state index in [0.29, 0.717) is 5.92 Å². The maximum absolute atomic E-state index is 5.95. The third-order valence-electron chi connectivity index (χ3n) is 3.32. The highest BCUT2D eigenvalue weighted by molar-refractivity contribution is 7.09. The van der Waals surface area contributed by atoms with E-state index in [1.807, 2.05) is 0 Å². The van der Waals surface area contributed by atoms with Gasteiger partial charge >= 0.3 is 0 Å². The minimum atomic E-state index is 0.0367. The van der Waals surface area contributed by atoms with Gasteiger partial charge in [0.15, 0.2) is 0 Å². The van der Waals surface area contributed by atoms with Crippen LogP contribution in [0.25, 0.3) is 0 Å². The topological polar surface area (TPSA) is 55.0 Å². The fraction of sp³-hybridized carbons (Fsp3) is 0.833. The van der Waals surface area contributed by atoms with Gasteiger partial charge in [0.1, 0.15) is 5.82 Å². The summed E-state index contributed by atoms with van der Waals surface area (Å²) in [5.74, 6) is 1.54. The molecular weight excluding hydrogens is 232 g/mol. The Bertz CT molecular complexity index is 380. The Kier molecular flexibility index (Phi) is 3.41. The molecular formula is C12H22N4S. The first-order chi connectivity index (χ1) is 7.88. The quantitative estimate of drug-likeness (QED) is 0.877. The molecule has 4 nitrogen and oxygen atoms in total. The molecule has 2 N–H and O–H groups in total. The lowest BCUT2D eigenvalue weighted by Crippen LogP contribution is -2.29. The average Bonchev–Trinajstić information content (AvgIpc) is 2.85. The van der Waals surface area contributed by atoms with Gasteiger partial charge in [-0.05, 0) is 19.3 Å². The summed E-state index contributed by atoms with van der Waals surface area (Å²) in [6.45, 7) is 10.6. The van der Waals surface area contributed by atoms with Crippen LogP contribution in [0.2, 0.25) is 0 Å². The Hall–Kier alpha value is -0.680. The molecule has 2 unspecified atom stereocenters. The van der Waals surface area contributed by atoms with E-state index in [2.05, 4.69) is 42.0 Å². The van der Waals surface area contributed by atoms with Gasteiger partial charge in [-0.2, -0.15) is 4.37 Å². The molecule has 0 amide bonds. The maximum atomic E-state index is 5.95. The van der Waals surface area contributed by atoms with Crippen molar-refractivity contribution in [3.8, 4) is 0 Å². The first kappa shape index (κ1) is 12.8. The van der Waals surface area contributed by atoms with Crippen molar-refractivity contribution in [1.29, 1.82) is 0 Å². The summed E-state index contributed by atoms with van der Waals surface area (Å²) in [6, 6.07) is 0.273. The fourth-order valence-electron chi connectivity index (χ4n) is 2.04. The van der Waals surface area contributed by atoms with E-state index in [-0.39, 0.29) is 11.5 Å².